The van der Waals surface area contributed by atoms with E-state index in [0.717, 1.165) is 0 Å². The molecule has 0 amide bonds. The molecule has 6 heteroatoms. The lowest BCUT2D eigenvalue weighted by Crippen LogP contribution is -2.40. The lowest BCUT2D eigenvalue weighted by molar-refractivity contribution is -0.196. The fraction of sp³-hybridized carbons (Fsp3) is 0.615. The summed E-state index contributed by atoms with van der Waals surface area (Å²) in [5.41, 5.74) is 0.599. The lowest BCUT2D eigenvalue weighted by Gasteiger charge is -2.34. The average Bonchev–Trinajstić information content (AvgIpc) is 2.35. The number of aliphatic hydroxyl groups excluding tert-OH is 1. The molecular formula is C13H17F2NO3. The molecule has 0 bridgehead atoms. The van der Waals surface area contributed by atoms with Crippen molar-refractivity contribution < 1.29 is 23.4 Å². The van der Waals surface area contributed by atoms with Gasteiger partial charge in [-0.05, 0) is 18.6 Å². The summed E-state index contributed by atoms with van der Waals surface area (Å²) < 4.78 is 33.8. The summed E-state index contributed by atoms with van der Waals surface area (Å²) in [7, 11) is 0. The number of pyridine rings is 1. The van der Waals surface area contributed by atoms with Crippen LogP contribution in [0.5, 0.6) is 5.75 Å². The van der Waals surface area contributed by atoms with E-state index in [9.17, 15) is 13.9 Å². The highest BCUT2D eigenvalue weighted by Crippen LogP contribution is 2.29. The number of hydrogen-bond acceptors (Lipinski definition) is 4. The van der Waals surface area contributed by atoms with Gasteiger partial charge in [0.05, 0.1) is 24.1 Å². The fourth-order valence-corrected chi connectivity index (χ4v) is 1.93. The first kappa shape index (κ1) is 14.1. The number of aliphatic hydroxyl groups is 1. The number of aromatic nitrogens is 1. The summed E-state index contributed by atoms with van der Waals surface area (Å²) in [4.78, 5) is 4.10. The topological polar surface area (TPSA) is 51.6 Å². The number of rotatable bonds is 6. The highest BCUT2D eigenvalue weighted by Gasteiger charge is 2.33. The minimum absolute atomic E-state index is 0.104. The normalized spacial score (nSPS) is 24.1. The summed E-state index contributed by atoms with van der Waals surface area (Å²) >= 11 is 0. The molecule has 1 aliphatic carbocycles. The Morgan fingerprint density at radius 3 is 2.63 bits per heavy atom. The van der Waals surface area contributed by atoms with Crippen molar-refractivity contribution in [1.82, 2.24) is 4.98 Å². The van der Waals surface area contributed by atoms with Gasteiger partial charge in [-0.15, -0.1) is 0 Å². The van der Waals surface area contributed by atoms with Crippen LogP contribution >= 0.6 is 0 Å². The Labute approximate surface area is 110 Å². The van der Waals surface area contributed by atoms with E-state index in [-0.39, 0.29) is 6.10 Å². The van der Waals surface area contributed by atoms with Crippen LogP contribution in [-0.2, 0) is 4.74 Å². The van der Waals surface area contributed by atoms with Gasteiger partial charge in [-0.2, -0.15) is 8.78 Å². The van der Waals surface area contributed by atoms with Gasteiger partial charge >= 0.3 is 6.61 Å². The van der Waals surface area contributed by atoms with Crippen molar-refractivity contribution in [2.45, 2.75) is 51.1 Å². The quantitative estimate of drug-likeness (QED) is 0.865. The van der Waals surface area contributed by atoms with E-state index in [2.05, 4.69) is 9.72 Å². The van der Waals surface area contributed by atoms with E-state index in [4.69, 9.17) is 4.74 Å². The van der Waals surface area contributed by atoms with Gasteiger partial charge in [-0.25, -0.2) is 0 Å². The molecule has 0 saturated heterocycles. The number of alkyl halides is 2. The van der Waals surface area contributed by atoms with Gasteiger partial charge in [0.1, 0.15) is 11.9 Å². The summed E-state index contributed by atoms with van der Waals surface area (Å²) in [6.45, 7) is -0.851. The minimum atomic E-state index is -2.72. The Hall–Kier alpha value is -1.27. The van der Waals surface area contributed by atoms with Crippen LogP contribution in [0.4, 0.5) is 8.78 Å². The predicted molar refractivity (Wildman–Crippen MR) is 64.0 cm³/mol. The van der Waals surface area contributed by atoms with Crippen molar-refractivity contribution in [2.24, 2.45) is 0 Å². The number of nitrogens with zero attached hydrogens (tertiary/aromatic N) is 1. The third-order valence-electron chi connectivity index (χ3n) is 3.14. The highest BCUT2D eigenvalue weighted by molar-refractivity contribution is 5.21. The Bertz CT molecular complexity index is 393. The van der Waals surface area contributed by atoms with Crippen LogP contribution in [-0.4, -0.2) is 28.9 Å². The minimum Gasteiger partial charge on any atom is -0.489 e. The van der Waals surface area contributed by atoms with E-state index in [1.807, 2.05) is 6.92 Å². The second-order valence-electron chi connectivity index (χ2n) is 4.57. The van der Waals surface area contributed by atoms with Crippen LogP contribution < -0.4 is 4.74 Å². The molecule has 2 rings (SSSR count). The van der Waals surface area contributed by atoms with Crippen molar-refractivity contribution in [3.05, 3.63) is 24.0 Å². The van der Waals surface area contributed by atoms with Gasteiger partial charge in [-0.1, -0.05) is 6.92 Å². The number of halogens is 2. The molecule has 1 saturated carbocycles. The first-order valence-electron chi connectivity index (χ1n) is 6.32. The summed E-state index contributed by atoms with van der Waals surface area (Å²) in [5, 5.41) is 9.59. The van der Waals surface area contributed by atoms with Crippen molar-refractivity contribution in [3.8, 4) is 5.75 Å². The first-order valence-corrected chi connectivity index (χ1v) is 6.32. The van der Waals surface area contributed by atoms with Crippen molar-refractivity contribution in [3.63, 3.8) is 0 Å². The smallest absolute Gasteiger partial charge is 0.345 e. The lowest BCUT2D eigenvalue weighted by atomic mass is 9.92. The maximum Gasteiger partial charge on any atom is 0.345 e. The first-order chi connectivity index (χ1) is 9.08. The molecule has 0 spiro atoms. The van der Waals surface area contributed by atoms with Crippen LogP contribution in [0.15, 0.2) is 18.3 Å². The zero-order valence-electron chi connectivity index (χ0n) is 10.6. The van der Waals surface area contributed by atoms with Crippen LogP contribution in [0.2, 0.25) is 0 Å². The molecule has 1 aliphatic rings. The molecule has 1 heterocycles. The van der Waals surface area contributed by atoms with Gasteiger partial charge < -0.3 is 14.6 Å². The molecule has 19 heavy (non-hydrogen) atoms. The molecule has 1 aromatic rings. The fourth-order valence-electron chi connectivity index (χ4n) is 1.93. The third kappa shape index (κ3) is 3.84. The molecule has 1 aromatic heterocycles. The monoisotopic (exact) mass is 273 g/mol. The van der Waals surface area contributed by atoms with E-state index >= 15 is 0 Å². The SMILES string of the molecule is CC[C@H](O)c1ccc(O[C@H]2C[C@H](OC(F)F)C2)cn1. The molecular weight excluding hydrogens is 256 g/mol. The largest absolute Gasteiger partial charge is 0.489 e. The summed E-state index contributed by atoms with van der Waals surface area (Å²) in [6.07, 6.45) is 1.97. The van der Waals surface area contributed by atoms with Crippen LogP contribution in [0.1, 0.15) is 38.0 Å². The highest BCUT2D eigenvalue weighted by atomic mass is 19.3. The Morgan fingerprint density at radius 1 is 1.37 bits per heavy atom. The van der Waals surface area contributed by atoms with Gasteiger partial charge in [-0.3, -0.25) is 4.98 Å². The molecule has 1 fully saturated rings. The second-order valence-corrected chi connectivity index (χ2v) is 4.57. The van der Waals surface area contributed by atoms with E-state index in [0.29, 0.717) is 30.7 Å². The number of ether oxygens (including phenoxy) is 2. The Morgan fingerprint density at radius 2 is 2.11 bits per heavy atom. The van der Waals surface area contributed by atoms with E-state index < -0.39 is 18.8 Å². The molecule has 4 nitrogen and oxygen atoms in total. The van der Waals surface area contributed by atoms with Gasteiger partial charge in [0, 0.05) is 12.8 Å². The maximum atomic E-state index is 11.9. The zero-order valence-corrected chi connectivity index (χ0v) is 10.6. The average molecular weight is 273 g/mol. The van der Waals surface area contributed by atoms with Crippen molar-refractivity contribution >= 4 is 0 Å². The standard InChI is InChI=1S/C13H17F2NO3/c1-2-12(17)11-4-3-8(7-16-11)18-9-5-10(6-9)19-13(14)15/h3-4,7,9-10,12-13,17H,2,5-6H2,1H3/t9-,10-,12-/m0/s1. The molecule has 0 aromatic carbocycles. The van der Waals surface area contributed by atoms with Crippen molar-refractivity contribution in [1.29, 1.82) is 0 Å². The summed E-state index contributed by atoms with van der Waals surface area (Å²) in [5.74, 6) is 0.576. The summed E-state index contributed by atoms with van der Waals surface area (Å²) in [6, 6.07) is 3.43. The Balaban J connectivity index is 1.78. The molecule has 1 atom stereocenters. The number of hydrogen-bond donors (Lipinski definition) is 1. The van der Waals surface area contributed by atoms with E-state index in [1.165, 1.54) is 6.20 Å². The molecule has 0 unspecified atom stereocenters. The molecule has 0 radical (unpaired) electrons. The molecule has 1 N–H and O–H groups in total. The van der Waals surface area contributed by atoms with Gasteiger partial charge in [0.15, 0.2) is 0 Å². The van der Waals surface area contributed by atoms with Gasteiger partial charge in [0.2, 0.25) is 0 Å². The van der Waals surface area contributed by atoms with Gasteiger partial charge in [0.25, 0.3) is 0 Å². The van der Waals surface area contributed by atoms with E-state index in [1.54, 1.807) is 12.1 Å². The molecule has 106 valence electrons. The zero-order chi connectivity index (χ0) is 13.8. The Kier molecular flexibility index (Phi) is 4.66. The molecule has 0 aliphatic heterocycles. The van der Waals surface area contributed by atoms with Crippen LogP contribution in [0.25, 0.3) is 0 Å². The van der Waals surface area contributed by atoms with Crippen LogP contribution in [0.3, 0.4) is 0 Å². The van der Waals surface area contributed by atoms with Crippen LogP contribution in [0, 0.1) is 0 Å². The van der Waals surface area contributed by atoms with Crippen molar-refractivity contribution in [2.75, 3.05) is 0 Å². The predicted octanol–water partition coefficient (Wildman–Crippen LogP) is 2.67. The third-order valence-corrected chi connectivity index (χ3v) is 3.14. The second kappa shape index (κ2) is 6.25. The maximum absolute atomic E-state index is 11.9.